The van der Waals surface area contributed by atoms with Gasteiger partial charge in [0.25, 0.3) is 0 Å². The number of ketones is 1. The fourth-order valence-corrected chi connectivity index (χ4v) is 6.96. The standard InChI is InChI=1S/C40H47N3O5S/c1-5-6-7-8-9-22-48-32-16-14-28(15-17-32)31-25-41-37(42-26-31)29-12-10-27(11-13-29)23-30(38(45)43-21-20-33(43)39(46)47)24-34(44)35-18-19-36(49-35)40(2,3)4/h10-19,25-26,30,33H,5-9,20-24H2,1-4H3,(H,46,47)/t30-,33-/m1/s1. The normalized spacial score (nSPS) is 15.0. The maximum atomic E-state index is 13.6. The minimum absolute atomic E-state index is 0.0181. The molecule has 1 N–H and O–H groups in total. The smallest absolute Gasteiger partial charge is 0.326 e. The van der Waals surface area contributed by atoms with Crippen LogP contribution in [0.4, 0.5) is 0 Å². The van der Waals surface area contributed by atoms with Crippen molar-refractivity contribution in [3.05, 3.63) is 88.4 Å². The summed E-state index contributed by atoms with van der Waals surface area (Å²) in [6.45, 7) is 9.63. The Morgan fingerprint density at radius 1 is 0.898 bits per heavy atom. The van der Waals surface area contributed by atoms with Crippen LogP contribution in [0.25, 0.3) is 22.5 Å². The minimum Gasteiger partial charge on any atom is -0.494 e. The average molecular weight is 682 g/mol. The number of benzene rings is 2. The summed E-state index contributed by atoms with van der Waals surface area (Å²) in [4.78, 5) is 51.0. The van der Waals surface area contributed by atoms with Gasteiger partial charge in [-0.05, 0) is 60.1 Å². The number of hydrogen-bond donors (Lipinski definition) is 1. The fourth-order valence-electron chi connectivity index (χ4n) is 5.94. The van der Waals surface area contributed by atoms with Gasteiger partial charge in [-0.15, -0.1) is 11.3 Å². The minimum atomic E-state index is -1.01. The van der Waals surface area contributed by atoms with Crippen LogP contribution in [0.1, 0.15) is 92.8 Å². The van der Waals surface area contributed by atoms with Crippen LogP contribution in [0.3, 0.4) is 0 Å². The number of rotatable bonds is 16. The van der Waals surface area contributed by atoms with Crippen LogP contribution in [0.5, 0.6) is 5.75 Å². The van der Waals surface area contributed by atoms with Gasteiger partial charge in [-0.3, -0.25) is 9.59 Å². The first-order valence-corrected chi connectivity index (χ1v) is 18.2. The number of carboxylic acids is 1. The number of thiophene rings is 1. The lowest BCUT2D eigenvalue weighted by Crippen LogP contribution is -2.57. The molecule has 0 saturated carbocycles. The molecule has 2 atom stereocenters. The van der Waals surface area contributed by atoms with E-state index in [1.165, 1.54) is 41.9 Å². The summed E-state index contributed by atoms with van der Waals surface area (Å²) >= 11 is 1.46. The summed E-state index contributed by atoms with van der Waals surface area (Å²) < 4.78 is 5.89. The number of nitrogens with zero attached hydrogens (tertiary/aromatic N) is 3. The summed E-state index contributed by atoms with van der Waals surface area (Å²) in [5, 5.41) is 9.57. The second kappa shape index (κ2) is 16.4. The molecule has 0 aliphatic carbocycles. The summed E-state index contributed by atoms with van der Waals surface area (Å²) in [5.74, 6) is -0.626. The lowest BCUT2D eigenvalue weighted by molar-refractivity contribution is -0.159. The molecular weight excluding hydrogens is 635 g/mol. The zero-order valence-corrected chi connectivity index (χ0v) is 29.8. The summed E-state index contributed by atoms with van der Waals surface area (Å²) in [6.07, 6.45) is 10.4. The number of unbranched alkanes of at least 4 members (excludes halogenated alkanes) is 4. The molecule has 0 radical (unpaired) electrons. The van der Waals surface area contributed by atoms with E-state index in [0.717, 1.165) is 45.9 Å². The van der Waals surface area contributed by atoms with Crippen LogP contribution < -0.4 is 4.74 Å². The maximum Gasteiger partial charge on any atom is 0.326 e. The van der Waals surface area contributed by atoms with Crippen LogP contribution in [-0.2, 0) is 21.4 Å². The van der Waals surface area contributed by atoms with E-state index < -0.39 is 17.9 Å². The Morgan fingerprint density at radius 2 is 1.57 bits per heavy atom. The lowest BCUT2D eigenvalue weighted by atomic mass is 9.89. The second-order valence-electron chi connectivity index (χ2n) is 13.9. The van der Waals surface area contributed by atoms with Crippen molar-refractivity contribution < 1.29 is 24.2 Å². The molecular formula is C40H47N3O5S. The van der Waals surface area contributed by atoms with Crippen molar-refractivity contribution in [1.29, 1.82) is 0 Å². The van der Waals surface area contributed by atoms with Gasteiger partial charge >= 0.3 is 5.97 Å². The zero-order valence-electron chi connectivity index (χ0n) is 29.0. The number of aliphatic carboxylic acids is 1. The topological polar surface area (TPSA) is 110 Å². The number of aromatic nitrogens is 2. The first kappa shape index (κ1) is 35.9. The van der Waals surface area contributed by atoms with Gasteiger partial charge in [0.1, 0.15) is 11.8 Å². The van der Waals surface area contributed by atoms with Crippen molar-refractivity contribution in [2.75, 3.05) is 13.2 Å². The van der Waals surface area contributed by atoms with Crippen molar-refractivity contribution in [1.82, 2.24) is 14.9 Å². The first-order valence-electron chi connectivity index (χ1n) is 17.3. The van der Waals surface area contributed by atoms with E-state index in [4.69, 9.17) is 4.74 Å². The molecule has 0 spiro atoms. The van der Waals surface area contributed by atoms with Crippen LogP contribution >= 0.6 is 11.3 Å². The highest BCUT2D eigenvalue weighted by Gasteiger charge is 2.40. The van der Waals surface area contributed by atoms with Gasteiger partial charge in [0, 0.05) is 47.3 Å². The molecule has 2 aromatic carbocycles. The van der Waals surface area contributed by atoms with Gasteiger partial charge in [0.05, 0.1) is 11.5 Å². The summed E-state index contributed by atoms with van der Waals surface area (Å²) in [6, 6.07) is 18.6. The second-order valence-corrected chi connectivity index (χ2v) is 15.0. The van der Waals surface area contributed by atoms with E-state index in [1.807, 2.05) is 73.1 Å². The molecule has 1 aliphatic heterocycles. The maximum absolute atomic E-state index is 13.6. The molecule has 1 aliphatic rings. The Morgan fingerprint density at radius 3 is 2.16 bits per heavy atom. The molecule has 3 heterocycles. The van der Waals surface area contributed by atoms with Crippen molar-refractivity contribution >= 4 is 29.0 Å². The van der Waals surface area contributed by atoms with Crippen molar-refractivity contribution in [3.8, 4) is 28.3 Å². The highest BCUT2D eigenvalue weighted by molar-refractivity contribution is 7.14. The number of hydrogen-bond acceptors (Lipinski definition) is 7. The highest BCUT2D eigenvalue weighted by Crippen LogP contribution is 2.32. The Bertz CT molecular complexity index is 1710. The molecule has 1 amide bonds. The van der Waals surface area contributed by atoms with Gasteiger partial charge < -0.3 is 14.7 Å². The highest BCUT2D eigenvalue weighted by atomic mass is 32.1. The fraction of sp³-hybridized carbons (Fsp3) is 0.425. The molecule has 49 heavy (non-hydrogen) atoms. The molecule has 5 rings (SSSR count). The molecule has 4 aromatic rings. The number of amides is 1. The van der Waals surface area contributed by atoms with Crippen molar-refractivity contribution in [2.45, 2.75) is 90.5 Å². The van der Waals surface area contributed by atoms with Gasteiger partial charge in [0.15, 0.2) is 11.6 Å². The van der Waals surface area contributed by atoms with Crippen LogP contribution in [0.15, 0.2) is 73.1 Å². The lowest BCUT2D eigenvalue weighted by Gasteiger charge is -2.40. The van der Waals surface area contributed by atoms with E-state index in [1.54, 1.807) is 0 Å². The number of Topliss-reactive ketones (excluding diaryl/α,β-unsaturated/α-hetero) is 1. The number of carboxylic acid groups (broad SMARTS) is 1. The number of likely N-dealkylation sites (tertiary alicyclic amines) is 1. The van der Waals surface area contributed by atoms with Gasteiger partial charge in [-0.1, -0.05) is 89.8 Å². The molecule has 0 unspecified atom stereocenters. The Balaban J connectivity index is 1.23. The molecule has 1 saturated heterocycles. The molecule has 258 valence electrons. The Labute approximate surface area is 293 Å². The quantitative estimate of drug-likeness (QED) is 0.0931. The zero-order chi connectivity index (χ0) is 35.0. The van der Waals surface area contributed by atoms with Crippen LogP contribution in [0, 0.1) is 5.92 Å². The van der Waals surface area contributed by atoms with Crippen molar-refractivity contribution in [3.63, 3.8) is 0 Å². The van der Waals surface area contributed by atoms with Gasteiger partial charge in [-0.2, -0.15) is 0 Å². The largest absolute Gasteiger partial charge is 0.494 e. The third-order valence-electron chi connectivity index (χ3n) is 9.04. The van der Waals surface area contributed by atoms with E-state index in [9.17, 15) is 19.5 Å². The van der Waals surface area contributed by atoms with E-state index in [0.29, 0.717) is 30.1 Å². The first-order chi connectivity index (χ1) is 23.5. The van der Waals surface area contributed by atoms with Gasteiger partial charge in [-0.25, -0.2) is 14.8 Å². The number of carbonyl (C=O) groups excluding carboxylic acids is 2. The number of carbonyl (C=O) groups is 3. The summed E-state index contributed by atoms with van der Waals surface area (Å²) in [7, 11) is 0. The molecule has 8 nitrogen and oxygen atoms in total. The van der Waals surface area contributed by atoms with E-state index in [2.05, 4.69) is 37.7 Å². The predicted octanol–water partition coefficient (Wildman–Crippen LogP) is 8.64. The van der Waals surface area contributed by atoms with Crippen molar-refractivity contribution in [2.24, 2.45) is 5.92 Å². The van der Waals surface area contributed by atoms with Crippen LogP contribution in [-0.4, -0.2) is 56.8 Å². The monoisotopic (exact) mass is 681 g/mol. The van der Waals surface area contributed by atoms with Crippen LogP contribution in [0.2, 0.25) is 0 Å². The average Bonchev–Trinajstić information content (AvgIpc) is 3.58. The van der Waals surface area contributed by atoms with Gasteiger partial charge in [0.2, 0.25) is 5.91 Å². The number of ether oxygens (including phenoxy) is 1. The summed E-state index contributed by atoms with van der Waals surface area (Å²) in [5.41, 5.74) is 3.54. The third-order valence-corrected chi connectivity index (χ3v) is 10.6. The Kier molecular flexibility index (Phi) is 12.0. The van der Waals surface area contributed by atoms with E-state index in [-0.39, 0.29) is 23.5 Å². The molecule has 2 aromatic heterocycles. The molecule has 1 fully saturated rings. The molecule has 9 heteroatoms. The third kappa shape index (κ3) is 9.41. The molecule has 0 bridgehead atoms. The van der Waals surface area contributed by atoms with E-state index >= 15 is 0 Å². The Hall–Kier alpha value is -4.37. The SMILES string of the molecule is CCCCCCCOc1ccc(-c2cnc(-c3ccc(C[C@H](CC(=O)c4ccc(C(C)(C)C)s4)C(=O)N4CC[C@@H]4C(=O)O)cc3)nc2)cc1. The predicted molar refractivity (Wildman–Crippen MR) is 194 cm³/mol.